The summed E-state index contributed by atoms with van der Waals surface area (Å²) >= 11 is 6.22. The van der Waals surface area contributed by atoms with Crippen molar-refractivity contribution < 1.29 is 0 Å². The zero-order chi connectivity index (χ0) is 11.8. The number of likely N-dealkylation sites (N-methyl/N-ethyl adjacent to an activating group) is 1. The molecule has 1 aromatic rings. The Bertz CT molecular complexity index is 374. The standard InChI is InChI=1S/C13H19ClN2/c1-10(11-5-3-4-6-12(11)14)16(2)13(9-15)7-8-13/h3-6,10H,7-9,15H2,1-2H3. The number of rotatable bonds is 4. The van der Waals surface area contributed by atoms with E-state index < -0.39 is 0 Å². The van der Waals surface area contributed by atoms with Crippen LogP contribution in [0, 0.1) is 0 Å². The molecule has 0 heterocycles. The molecule has 1 atom stereocenters. The molecule has 0 aliphatic heterocycles. The van der Waals surface area contributed by atoms with Crippen molar-refractivity contribution in [1.29, 1.82) is 0 Å². The quantitative estimate of drug-likeness (QED) is 0.874. The SMILES string of the molecule is CC(c1ccccc1Cl)N(C)C1(CN)CC1. The Morgan fingerprint density at radius 3 is 2.56 bits per heavy atom. The number of nitrogens with two attached hydrogens (primary N) is 1. The lowest BCUT2D eigenvalue weighted by Gasteiger charge is -2.33. The second-order valence-electron chi connectivity index (χ2n) is 4.74. The lowest BCUT2D eigenvalue weighted by atomic mass is 10.0. The predicted octanol–water partition coefficient (Wildman–Crippen LogP) is 2.82. The Morgan fingerprint density at radius 2 is 2.06 bits per heavy atom. The van der Waals surface area contributed by atoms with E-state index in [0.717, 1.165) is 11.6 Å². The van der Waals surface area contributed by atoms with Crippen LogP contribution in [0.3, 0.4) is 0 Å². The molecular formula is C13H19ClN2. The first-order chi connectivity index (χ1) is 7.60. The summed E-state index contributed by atoms with van der Waals surface area (Å²) in [5.74, 6) is 0. The summed E-state index contributed by atoms with van der Waals surface area (Å²) in [7, 11) is 2.15. The molecule has 0 bridgehead atoms. The molecule has 2 nitrogen and oxygen atoms in total. The van der Waals surface area contributed by atoms with Crippen LogP contribution in [-0.4, -0.2) is 24.0 Å². The summed E-state index contributed by atoms with van der Waals surface area (Å²) in [6.07, 6.45) is 2.41. The van der Waals surface area contributed by atoms with Crippen molar-refractivity contribution in [3.8, 4) is 0 Å². The van der Waals surface area contributed by atoms with Gasteiger partial charge in [0.1, 0.15) is 0 Å². The molecular weight excluding hydrogens is 220 g/mol. The normalized spacial score (nSPS) is 19.8. The fourth-order valence-corrected chi connectivity index (χ4v) is 2.57. The molecule has 2 rings (SSSR count). The lowest BCUT2D eigenvalue weighted by molar-refractivity contribution is 0.170. The van der Waals surface area contributed by atoms with Gasteiger partial charge in [0.15, 0.2) is 0 Å². The molecule has 0 saturated heterocycles. The molecule has 1 aliphatic carbocycles. The minimum absolute atomic E-state index is 0.221. The third kappa shape index (κ3) is 1.97. The van der Waals surface area contributed by atoms with E-state index in [1.807, 2.05) is 18.2 Å². The van der Waals surface area contributed by atoms with E-state index in [9.17, 15) is 0 Å². The van der Waals surface area contributed by atoms with Crippen LogP contribution in [0.1, 0.15) is 31.4 Å². The van der Waals surface area contributed by atoms with Crippen LogP contribution in [0.5, 0.6) is 0 Å². The van der Waals surface area contributed by atoms with E-state index in [-0.39, 0.29) is 5.54 Å². The van der Waals surface area contributed by atoms with Crippen molar-refractivity contribution in [2.45, 2.75) is 31.3 Å². The highest BCUT2D eigenvalue weighted by molar-refractivity contribution is 6.31. The van der Waals surface area contributed by atoms with Crippen molar-refractivity contribution in [2.75, 3.05) is 13.6 Å². The fourth-order valence-electron chi connectivity index (χ4n) is 2.28. The molecule has 3 heteroatoms. The number of halogens is 1. The van der Waals surface area contributed by atoms with Crippen LogP contribution in [0.25, 0.3) is 0 Å². The van der Waals surface area contributed by atoms with E-state index in [2.05, 4.69) is 24.9 Å². The molecule has 0 spiro atoms. The summed E-state index contributed by atoms with van der Waals surface area (Å²) in [5.41, 5.74) is 7.26. The van der Waals surface area contributed by atoms with Crippen molar-refractivity contribution in [3.63, 3.8) is 0 Å². The maximum Gasteiger partial charge on any atom is 0.0453 e. The summed E-state index contributed by atoms with van der Waals surface area (Å²) < 4.78 is 0. The van der Waals surface area contributed by atoms with E-state index >= 15 is 0 Å². The monoisotopic (exact) mass is 238 g/mol. The van der Waals surface area contributed by atoms with Gasteiger partial charge >= 0.3 is 0 Å². The second-order valence-corrected chi connectivity index (χ2v) is 5.14. The minimum Gasteiger partial charge on any atom is -0.329 e. The Kier molecular flexibility index (Phi) is 3.24. The second kappa shape index (κ2) is 4.36. The average Bonchev–Trinajstić information content (AvgIpc) is 3.09. The summed E-state index contributed by atoms with van der Waals surface area (Å²) in [5, 5.41) is 0.842. The zero-order valence-corrected chi connectivity index (χ0v) is 10.7. The Morgan fingerprint density at radius 1 is 1.44 bits per heavy atom. The van der Waals surface area contributed by atoms with Gasteiger partial charge in [-0.2, -0.15) is 0 Å². The van der Waals surface area contributed by atoms with Gasteiger partial charge in [0.25, 0.3) is 0 Å². The maximum atomic E-state index is 6.22. The van der Waals surface area contributed by atoms with Gasteiger partial charge in [0.2, 0.25) is 0 Å². The number of hydrogen-bond acceptors (Lipinski definition) is 2. The Labute approximate surface area is 102 Å². The number of hydrogen-bond donors (Lipinski definition) is 1. The summed E-state index contributed by atoms with van der Waals surface area (Å²) in [6, 6.07) is 8.36. The van der Waals surface area contributed by atoms with Crippen LogP contribution in [0.4, 0.5) is 0 Å². The maximum absolute atomic E-state index is 6.22. The lowest BCUT2D eigenvalue weighted by Crippen LogP contribution is -2.41. The van der Waals surface area contributed by atoms with Crippen LogP contribution in [0.15, 0.2) is 24.3 Å². The topological polar surface area (TPSA) is 29.3 Å². The third-order valence-corrected chi connectivity index (χ3v) is 4.24. The van der Waals surface area contributed by atoms with Gasteiger partial charge in [-0.1, -0.05) is 29.8 Å². The van der Waals surface area contributed by atoms with Gasteiger partial charge in [-0.15, -0.1) is 0 Å². The van der Waals surface area contributed by atoms with Crippen molar-refractivity contribution >= 4 is 11.6 Å². The molecule has 0 amide bonds. The minimum atomic E-state index is 0.221. The molecule has 0 radical (unpaired) electrons. The van der Waals surface area contributed by atoms with Gasteiger partial charge < -0.3 is 5.73 Å². The van der Waals surface area contributed by atoms with Crippen molar-refractivity contribution in [3.05, 3.63) is 34.9 Å². The first-order valence-corrected chi connectivity index (χ1v) is 6.16. The summed E-state index contributed by atoms with van der Waals surface area (Å²) in [4.78, 5) is 2.37. The molecule has 1 unspecified atom stereocenters. The highest BCUT2D eigenvalue weighted by atomic mass is 35.5. The molecule has 1 fully saturated rings. The highest BCUT2D eigenvalue weighted by Gasteiger charge is 2.46. The van der Waals surface area contributed by atoms with Crippen molar-refractivity contribution in [1.82, 2.24) is 4.90 Å². The van der Waals surface area contributed by atoms with Gasteiger partial charge in [0, 0.05) is 23.1 Å². The van der Waals surface area contributed by atoms with Gasteiger partial charge in [-0.25, -0.2) is 0 Å². The smallest absolute Gasteiger partial charge is 0.0453 e. The van der Waals surface area contributed by atoms with Gasteiger partial charge in [0.05, 0.1) is 0 Å². The number of benzene rings is 1. The van der Waals surface area contributed by atoms with E-state index in [0.29, 0.717) is 6.04 Å². The first-order valence-electron chi connectivity index (χ1n) is 5.78. The molecule has 0 aromatic heterocycles. The van der Waals surface area contributed by atoms with Crippen LogP contribution in [0.2, 0.25) is 5.02 Å². The number of nitrogens with zero attached hydrogens (tertiary/aromatic N) is 1. The summed E-state index contributed by atoms with van der Waals surface area (Å²) in [6.45, 7) is 2.93. The van der Waals surface area contributed by atoms with Crippen molar-refractivity contribution in [2.24, 2.45) is 5.73 Å². The average molecular weight is 239 g/mol. The van der Waals surface area contributed by atoms with E-state index in [1.165, 1.54) is 18.4 Å². The molecule has 1 aromatic carbocycles. The first kappa shape index (κ1) is 11.9. The van der Waals surface area contributed by atoms with Gasteiger partial charge in [-0.05, 0) is 38.4 Å². The van der Waals surface area contributed by atoms with E-state index in [4.69, 9.17) is 17.3 Å². The van der Waals surface area contributed by atoms with Crippen LogP contribution >= 0.6 is 11.6 Å². The molecule has 16 heavy (non-hydrogen) atoms. The molecule has 88 valence electrons. The van der Waals surface area contributed by atoms with Gasteiger partial charge in [-0.3, -0.25) is 4.90 Å². The predicted molar refractivity (Wildman–Crippen MR) is 68.6 cm³/mol. The Hall–Kier alpha value is -0.570. The fraction of sp³-hybridized carbons (Fsp3) is 0.538. The largest absolute Gasteiger partial charge is 0.329 e. The molecule has 2 N–H and O–H groups in total. The third-order valence-electron chi connectivity index (χ3n) is 3.89. The highest BCUT2D eigenvalue weighted by Crippen LogP contribution is 2.44. The Balaban J connectivity index is 2.19. The molecule has 1 saturated carbocycles. The van der Waals surface area contributed by atoms with Crippen LogP contribution in [-0.2, 0) is 0 Å². The van der Waals surface area contributed by atoms with Crippen LogP contribution < -0.4 is 5.73 Å². The molecule has 1 aliphatic rings. The zero-order valence-electron chi connectivity index (χ0n) is 9.91. The van der Waals surface area contributed by atoms with E-state index in [1.54, 1.807) is 0 Å².